The number of ether oxygens (including phenoxy) is 1. The number of rotatable bonds is 4. The smallest absolute Gasteiger partial charge is 0.119 e. The van der Waals surface area contributed by atoms with Gasteiger partial charge in [0.25, 0.3) is 0 Å². The van der Waals surface area contributed by atoms with Gasteiger partial charge in [-0.3, -0.25) is 4.99 Å². The van der Waals surface area contributed by atoms with Gasteiger partial charge in [-0.15, -0.1) is 0 Å². The molecule has 2 aromatic carbocycles. The van der Waals surface area contributed by atoms with E-state index in [2.05, 4.69) is 4.99 Å². The molecule has 0 aromatic heterocycles. The van der Waals surface area contributed by atoms with Crippen LogP contribution in [0.1, 0.15) is 18.1 Å². The number of halogens is 2. The molecule has 0 atom stereocenters. The van der Waals surface area contributed by atoms with Crippen LogP contribution in [-0.4, -0.2) is 13.3 Å². The van der Waals surface area contributed by atoms with Gasteiger partial charge in [0, 0.05) is 21.8 Å². The number of aliphatic imine (C=N–C) groups is 1. The third-order valence-electron chi connectivity index (χ3n) is 2.83. The molecule has 0 radical (unpaired) electrons. The highest BCUT2D eigenvalue weighted by Gasteiger charge is 2.00. The Kier molecular flexibility index (Phi) is 5.43. The first-order chi connectivity index (χ1) is 10.1. The van der Waals surface area contributed by atoms with E-state index in [-0.39, 0.29) is 0 Å². The highest BCUT2D eigenvalue weighted by Crippen LogP contribution is 2.21. The Balaban J connectivity index is 2.30. The van der Waals surface area contributed by atoms with Crippen molar-refractivity contribution in [1.82, 2.24) is 0 Å². The van der Waals surface area contributed by atoms with E-state index in [1.807, 2.05) is 55.5 Å². The van der Waals surface area contributed by atoms with Crippen molar-refractivity contribution >= 4 is 41.2 Å². The maximum atomic E-state index is 6.04. The first-order valence-electron chi connectivity index (χ1n) is 6.40. The lowest BCUT2D eigenvalue weighted by Crippen LogP contribution is -1.87. The maximum absolute atomic E-state index is 6.04. The van der Waals surface area contributed by atoms with Gasteiger partial charge in [-0.2, -0.15) is 0 Å². The molecule has 0 fully saturated rings. The molecule has 108 valence electrons. The number of allylic oxidation sites excluding steroid dienone is 1. The number of methoxy groups -OCH3 is 1. The van der Waals surface area contributed by atoms with Gasteiger partial charge in [-0.1, -0.05) is 29.3 Å². The first kappa shape index (κ1) is 15.6. The average Bonchev–Trinajstić information content (AvgIpc) is 2.47. The molecule has 0 spiro atoms. The monoisotopic (exact) mass is 319 g/mol. The molecule has 0 aliphatic heterocycles. The van der Waals surface area contributed by atoms with Crippen molar-refractivity contribution in [3.8, 4) is 5.75 Å². The second-order valence-electron chi connectivity index (χ2n) is 4.46. The summed E-state index contributed by atoms with van der Waals surface area (Å²) in [7, 11) is 1.64. The molecule has 0 heterocycles. The minimum absolute atomic E-state index is 0.663. The Bertz CT molecular complexity index is 672. The zero-order valence-corrected chi connectivity index (χ0v) is 13.3. The van der Waals surface area contributed by atoms with Crippen LogP contribution >= 0.6 is 23.2 Å². The van der Waals surface area contributed by atoms with E-state index < -0.39 is 0 Å². The SMILES string of the molecule is COc1ccc(N=Cc2cc(Cl)ccc2/C=C(/C)Cl)cc1. The zero-order valence-electron chi connectivity index (χ0n) is 11.8. The van der Waals surface area contributed by atoms with Crippen molar-refractivity contribution in [3.05, 3.63) is 63.6 Å². The molecular formula is C17H15Cl2NO. The fourth-order valence-electron chi connectivity index (χ4n) is 1.82. The summed E-state index contributed by atoms with van der Waals surface area (Å²) in [4.78, 5) is 4.45. The highest BCUT2D eigenvalue weighted by molar-refractivity contribution is 6.32. The molecule has 0 aliphatic rings. The molecule has 4 heteroatoms. The van der Waals surface area contributed by atoms with Crippen molar-refractivity contribution < 1.29 is 4.74 Å². The van der Waals surface area contributed by atoms with E-state index in [0.29, 0.717) is 10.1 Å². The van der Waals surface area contributed by atoms with Crippen molar-refractivity contribution in [2.45, 2.75) is 6.92 Å². The van der Waals surface area contributed by atoms with Gasteiger partial charge in [0.1, 0.15) is 5.75 Å². The minimum Gasteiger partial charge on any atom is -0.497 e. The fourth-order valence-corrected chi connectivity index (χ4v) is 2.11. The Morgan fingerprint density at radius 2 is 1.81 bits per heavy atom. The second kappa shape index (κ2) is 7.30. The molecular weight excluding hydrogens is 305 g/mol. The number of benzene rings is 2. The van der Waals surface area contributed by atoms with Crippen molar-refractivity contribution in [3.63, 3.8) is 0 Å². The lowest BCUT2D eigenvalue weighted by atomic mass is 10.1. The number of hydrogen-bond donors (Lipinski definition) is 0. The molecule has 0 N–H and O–H groups in total. The van der Waals surface area contributed by atoms with Gasteiger partial charge in [-0.05, 0) is 55.0 Å². The first-order valence-corrected chi connectivity index (χ1v) is 7.15. The summed E-state index contributed by atoms with van der Waals surface area (Å²) < 4.78 is 5.12. The van der Waals surface area contributed by atoms with Crippen LogP contribution < -0.4 is 4.74 Å². The van der Waals surface area contributed by atoms with E-state index in [0.717, 1.165) is 22.6 Å². The molecule has 0 unspecified atom stereocenters. The van der Waals surface area contributed by atoms with Gasteiger partial charge in [-0.25, -0.2) is 0 Å². The standard InChI is InChI=1S/C17H15Cl2NO/c1-12(18)9-13-3-4-15(19)10-14(13)11-20-16-5-7-17(21-2)8-6-16/h3-11H,1-2H3/b12-9-,20-11?. The molecule has 2 rings (SSSR count). The predicted octanol–water partition coefficient (Wildman–Crippen LogP) is 5.70. The Morgan fingerprint density at radius 1 is 1.10 bits per heavy atom. The van der Waals surface area contributed by atoms with Gasteiger partial charge in [0.2, 0.25) is 0 Å². The van der Waals surface area contributed by atoms with Crippen LogP contribution in [0.25, 0.3) is 6.08 Å². The van der Waals surface area contributed by atoms with Crippen molar-refractivity contribution in [2.75, 3.05) is 7.11 Å². The summed E-state index contributed by atoms with van der Waals surface area (Å²) in [5.41, 5.74) is 2.73. The van der Waals surface area contributed by atoms with Gasteiger partial charge < -0.3 is 4.74 Å². The molecule has 0 bridgehead atoms. The Hall–Kier alpha value is -1.77. The molecule has 0 saturated heterocycles. The normalized spacial score (nSPS) is 11.9. The van der Waals surface area contributed by atoms with Crippen LogP contribution in [0.4, 0.5) is 5.69 Å². The zero-order chi connectivity index (χ0) is 15.2. The summed E-state index contributed by atoms with van der Waals surface area (Å²) in [6.07, 6.45) is 3.66. The van der Waals surface area contributed by atoms with Crippen molar-refractivity contribution in [1.29, 1.82) is 0 Å². The van der Waals surface area contributed by atoms with Crippen LogP contribution in [0.3, 0.4) is 0 Å². The maximum Gasteiger partial charge on any atom is 0.119 e. The molecule has 0 saturated carbocycles. The minimum atomic E-state index is 0.663. The Labute approximate surface area is 134 Å². The van der Waals surface area contributed by atoms with Crippen LogP contribution in [0.2, 0.25) is 5.02 Å². The van der Waals surface area contributed by atoms with E-state index in [9.17, 15) is 0 Å². The Morgan fingerprint density at radius 3 is 2.43 bits per heavy atom. The summed E-state index contributed by atoms with van der Waals surface area (Å²) in [5, 5.41) is 1.37. The third kappa shape index (κ3) is 4.62. The van der Waals surface area contributed by atoms with Gasteiger partial charge >= 0.3 is 0 Å². The van der Waals surface area contributed by atoms with Gasteiger partial charge in [0.05, 0.1) is 12.8 Å². The van der Waals surface area contributed by atoms with E-state index in [1.165, 1.54) is 0 Å². The molecule has 2 aromatic rings. The quantitative estimate of drug-likeness (QED) is 0.662. The summed E-state index contributed by atoms with van der Waals surface area (Å²) in [6, 6.07) is 13.1. The van der Waals surface area contributed by atoms with Crippen LogP contribution in [-0.2, 0) is 0 Å². The third-order valence-corrected chi connectivity index (χ3v) is 3.17. The lowest BCUT2D eigenvalue weighted by molar-refractivity contribution is 0.415. The average molecular weight is 320 g/mol. The van der Waals surface area contributed by atoms with E-state index in [4.69, 9.17) is 27.9 Å². The van der Waals surface area contributed by atoms with Gasteiger partial charge in [0.15, 0.2) is 0 Å². The van der Waals surface area contributed by atoms with Crippen LogP contribution in [0.5, 0.6) is 5.75 Å². The lowest BCUT2D eigenvalue weighted by Gasteiger charge is -2.03. The summed E-state index contributed by atoms with van der Waals surface area (Å²) >= 11 is 12.0. The van der Waals surface area contributed by atoms with Crippen LogP contribution in [0.15, 0.2) is 52.5 Å². The summed E-state index contributed by atoms with van der Waals surface area (Å²) in [6.45, 7) is 1.83. The fraction of sp³-hybridized carbons (Fsp3) is 0.118. The molecule has 0 amide bonds. The van der Waals surface area contributed by atoms with E-state index >= 15 is 0 Å². The number of nitrogens with zero attached hydrogens (tertiary/aromatic N) is 1. The topological polar surface area (TPSA) is 21.6 Å². The molecule has 0 aliphatic carbocycles. The predicted molar refractivity (Wildman–Crippen MR) is 91.2 cm³/mol. The highest BCUT2D eigenvalue weighted by atomic mass is 35.5. The molecule has 2 nitrogen and oxygen atoms in total. The second-order valence-corrected chi connectivity index (χ2v) is 5.49. The molecule has 21 heavy (non-hydrogen) atoms. The van der Waals surface area contributed by atoms with Crippen molar-refractivity contribution in [2.24, 2.45) is 4.99 Å². The summed E-state index contributed by atoms with van der Waals surface area (Å²) in [5.74, 6) is 0.804. The number of hydrogen-bond acceptors (Lipinski definition) is 2. The van der Waals surface area contributed by atoms with E-state index in [1.54, 1.807) is 13.3 Å². The largest absolute Gasteiger partial charge is 0.497 e. The van der Waals surface area contributed by atoms with Crippen LogP contribution in [0, 0.1) is 0 Å².